The Balaban J connectivity index is 1.39. The van der Waals surface area contributed by atoms with Crippen LogP contribution in [-0.2, 0) is 14.3 Å². The number of rotatable bonds is 7. The Bertz CT molecular complexity index is 1030. The Morgan fingerprint density at radius 1 is 1.09 bits per heavy atom. The van der Waals surface area contributed by atoms with Crippen LogP contribution >= 0.6 is 0 Å². The summed E-state index contributed by atoms with van der Waals surface area (Å²) in [7, 11) is 2.03. The van der Waals surface area contributed by atoms with Gasteiger partial charge in [0.25, 0.3) is 0 Å². The van der Waals surface area contributed by atoms with E-state index in [0.29, 0.717) is 0 Å². The predicted molar refractivity (Wildman–Crippen MR) is 127 cm³/mol. The first kappa shape index (κ1) is 23.8. The van der Waals surface area contributed by atoms with E-state index in [1.165, 1.54) is 0 Å². The van der Waals surface area contributed by atoms with E-state index in [0.717, 1.165) is 41.8 Å². The predicted octanol–water partition coefficient (Wildman–Crippen LogP) is 2.82. The van der Waals surface area contributed by atoms with Gasteiger partial charge in [0.2, 0.25) is 5.91 Å². The molecule has 1 fully saturated rings. The van der Waals surface area contributed by atoms with Crippen molar-refractivity contribution in [3.63, 3.8) is 0 Å². The molecule has 0 bridgehead atoms. The highest BCUT2D eigenvalue weighted by molar-refractivity contribution is 5.89. The van der Waals surface area contributed by atoms with Crippen LogP contribution < -0.4 is 10.6 Å². The Hall–Kier alpha value is -3.39. The lowest BCUT2D eigenvalue weighted by molar-refractivity contribution is -0.140. The van der Waals surface area contributed by atoms with Crippen LogP contribution in [0.5, 0.6) is 0 Å². The maximum absolute atomic E-state index is 12.8. The van der Waals surface area contributed by atoms with Gasteiger partial charge in [-0.2, -0.15) is 0 Å². The molecule has 0 saturated carbocycles. The smallest absolute Gasteiger partial charge is 0.407 e. The summed E-state index contributed by atoms with van der Waals surface area (Å²) in [6.07, 6.45) is -0.551. The van der Waals surface area contributed by atoms with E-state index in [-0.39, 0.29) is 24.5 Å². The van der Waals surface area contributed by atoms with Crippen LogP contribution in [0.2, 0.25) is 0 Å². The van der Waals surface area contributed by atoms with Gasteiger partial charge in [0.15, 0.2) is 0 Å². The summed E-state index contributed by atoms with van der Waals surface area (Å²) in [6, 6.07) is 14.7. The van der Waals surface area contributed by atoms with E-state index in [9.17, 15) is 19.5 Å². The van der Waals surface area contributed by atoms with Crippen LogP contribution in [0.25, 0.3) is 11.1 Å². The zero-order valence-corrected chi connectivity index (χ0v) is 19.5. The quantitative estimate of drug-likeness (QED) is 0.580. The van der Waals surface area contributed by atoms with Crippen molar-refractivity contribution < 1.29 is 24.2 Å². The fourth-order valence-electron chi connectivity index (χ4n) is 5.02. The third kappa shape index (κ3) is 5.22. The van der Waals surface area contributed by atoms with Crippen molar-refractivity contribution in [3.8, 4) is 11.1 Å². The number of carbonyl (C=O) groups excluding carboxylic acids is 2. The van der Waals surface area contributed by atoms with Crippen molar-refractivity contribution in [1.82, 2.24) is 15.5 Å². The molecule has 8 nitrogen and oxygen atoms in total. The number of likely N-dealkylation sites (tertiary alicyclic amines) is 1. The second kappa shape index (κ2) is 10.3. The summed E-state index contributed by atoms with van der Waals surface area (Å²) in [6.45, 7) is 3.83. The number of nitrogens with one attached hydrogen (secondary N) is 2. The minimum atomic E-state index is -1.21. The summed E-state index contributed by atoms with van der Waals surface area (Å²) in [4.78, 5) is 39.0. The lowest BCUT2D eigenvalue weighted by Gasteiger charge is -2.35. The van der Waals surface area contributed by atoms with Gasteiger partial charge in [0.1, 0.15) is 12.6 Å². The van der Waals surface area contributed by atoms with Crippen molar-refractivity contribution in [3.05, 3.63) is 59.7 Å². The first-order valence-corrected chi connectivity index (χ1v) is 11.7. The highest BCUT2D eigenvalue weighted by Gasteiger charge is 2.32. The largest absolute Gasteiger partial charge is 0.481 e. The van der Waals surface area contributed by atoms with Gasteiger partial charge in [-0.15, -0.1) is 0 Å². The monoisotopic (exact) mass is 465 g/mol. The van der Waals surface area contributed by atoms with Crippen molar-refractivity contribution in [2.24, 2.45) is 5.92 Å². The van der Waals surface area contributed by atoms with E-state index in [1.807, 2.05) is 62.5 Å². The van der Waals surface area contributed by atoms with E-state index < -0.39 is 30.4 Å². The molecule has 180 valence electrons. The summed E-state index contributed by atoms with van der Waals surface area (Å²) < 4.78 is 5.50. The first-order valence-electron chi connectivity index (χ1n) is 11.7. The van der Waals surface area contributed by atoms with Gasteiger partial charge in [0.05, 0.1) is 6.42 Å². The van der Waals surface area contributed by atoms with Gasteiger partial charge < -0.3 is 25.4 Å². The number of aliphatic carboxylic acids is 1. The normalized spacial score (nSPS) is 20.6. The number of piperidine rings is 1. The number of hydrogen-bond acceptors (Lipinski definition) is 5. The SMILES string of the molecule is CC1CN(C)CCC1NC(=O)C(CC(=O)O)NC(=O)OCC1c2ccccc2-c2ccccc21. The zero-order valence-electron chi connectivity index (χ0n) is 19.5. The van der Waals surface area contributed by atoms with Crippen molar-refractivity contribution in [1.29, 1.82) is 0 Å². The van der Waals surface area contributed by atoms with Crippen LogP contribution in [-0.4, -0.2) is 66.8 Å². The summed E-state index contributed by atoms with van der Waals surface area (Å²) in [5, 5.41) is 14.7. The minimum absolute atomic E-state index is 0.0655. The number of nitrogens with zero attached hydrogens (tertiary/aromatic N) is 1. The number of benzene rings is 2. The summed E-state index contributed by atoms with van der Waals surface area (Å²) in [5.74, 6) is -1.57. The van der Waals surface area contributed by atoms with Gasteiger partial charge in [-0.1, -0.05) is 55.5 Å². The lowest BCUT2D eigenvalue weighted by atomic mass is 9.94. The Morgan fingerprint density at radius 2 is 1.71 bits per heavy atom. The van der Waals surface area contributed by atoms with E-state index >= 15 is 0 Å². The Kier molecular flexibility index (Phi) is 7.17. The van der Waals surface area contributed by atoms with E-state index in [1.54, 1.807) is 0 Å². The molecule has 2 aromatic carbocycles. The molecule has 3 N–H and O–H groups in total. The molecule has 8 heteroatoms. The fraction of sp³-hybridized carbons (Fsp3) is 0.423. The number of alkyl carbamates (subject to hydrolysis) is 1. The van der Waals surface area contributed by atoms with Gasteiger partial charge in [-0.05, 0) is 48.2 Å². The van der Waals surface area contributed by atoms with Crippen LogP contribution in [0.15, 0.2) is 48.5 Å². The second-order valence-corrected chi connectivity index (χ2v) is 9.26. The molecule has 2 aliphatic rings. The van der Waals surface area contributed by atoms with Crippen LogP contribution in [0.4, 0.5) is 4.79 Å². The molecule has 1 aliphatic heterocycles. The van der Waals surface area contributed by atoms with E-state index in [4.69, 9.17) is 4.74 Å². The molecule has 4 rings (SSSR count). The number of carboxylic acids is 1. The zero-order chi connectivity index (χ0) is 24.2. The third-order valence-corrected chi connectivity index (χ3v) is 6.77. The van der Waals surface area contributed by atoms with Crippen LogP contribution in [0.1, 0.15) is 36.8 Å². The standard InChI is InChI=1S/C26H31N3O5/c1-16-14-29(2)12-11-22(16)27-25(32)23(13-24(30)31)28-26(33)34-15-21-19-9-5-3-7-17(19)18-8-4-6-10-20(18)21/h3-10,16,21-23H,11-15H2,1-2H3,(H,27,32)(H,28,33)(H,30,31). The molecule has 3 unspecified atom stereocenters. The topological polar surface area (TPSA) is 108 Å². The van der Waals surface area contributed by atoms with Gasteiger partial charge >= 0.3 is 12.1 Å². The molecule has 0 radical (unpaired) electrons. The van der Waals surface area contributed by atoms with Crippen molar-refractivity contribution in [2.75, 3.05) is 26.7 Å². The molecule has 3 atom stereocenters. The highest BCUT2D eigenvalue weighted by atomic mass is 16.5. The molecule has 2 aromatic rings. The van der Waals surface area contributed by atoms with E-state index in [2.05, 4.69) is 15.5 Å². The molecular weight excluding hydrogens is 434 g/mol. The number of carboxylic acid groups (broad SMARTS) is 1. The molecule has 0 aromatic heterocycles. The van der Waals surface area contributed by atoms with Gasteiger partial charge in [-0.3, -0.25) is 9.59 Å². The summed E-state index contributed by atoms with van der Waals surface area (Å²) >= 11 is 0. The maximum atomic E-state index is 12.8. The second-order valence-electron chi connectivity index (χ2n) is 9.26. The third-order valence-electron chi connectivity index (χ3n) is 6.77. The highest BCUT2D eigenvalue weighted by Crippen LogP contribution is 2.44. The molecule has 1 saturated heterocycles. The number of carbonyl (C=O) groups is 3. The Morgan fingerprint density at radius 3 is 2.29 bits per heavy atom. The maximum Gasteiger partial charge on any atom is 0.407 e. The molecule has 0 spiro atoms. The molecular formula is C26H31N3O5. The van der Waals surface area contributed by atoms with Crippen LogP contribution in [0.3, 0.4) is 0 Å². The van der Waals surface area contributed by atoms with Gasteiger partial charge in [0, 0.05) is 18.5 Å². The number of amides is 2. The summed E-state index contributed by atoms with van der Waals surface area (Å²) in [5.41, 5.74) is 4.38. The Labute approximate surface area is 199 Å². The lowest BCUT2D eigenvalue weighted by Crippen LogP contribution is -2.55. The molecule has 2 amide bonds. The number of fused-ring (bicyclic) bond motifs is 3. The minimum Gasteiger partial charge on any atom is -0.481 e. The number of ether oxygens (including phenoxy) is 1. The van der Waals surface area contributed by atoms with Crippen molar-refractivity contribution >= 4 is 18.0 Å². The first-order chi connectivity index (χ1) is 16.3. The fourth-order valence-corrected chi connectivity index (χ4v) is 5.02. The molecule has 1 heterocycles. The van der Waals surface area contributed by atoms with Crippen LogP contribution in [0, 0.1) is 5.92 Å². The van der Waals surface area contributed by atoms with Gasteiger partial charge in [-0.25, -0.2) is 4.79 Å². The van der Waals surface area contributed by atoms with Crippen molar-refractivity contribution in [2.45, 2.75) is 37.8 Å². The molecule has 1 aliphatic carbocycles. The molecule has 34 heavy (non-hydrogen) atoms. The average molecular weight is 466 g/mol. The average Bonchev–Trinajstić information content (AvgIpc) is 3.12. The number of hydrogen-bond donors (Lipinski definition) is 3.